The summed E-state index contributed by atoms with van der Waals surface area (Å²) < 4.78 is 21.6. The fourth-order valence-corrected chi connectivity index (χ4v) is 8.23. The number of unbranched alkanes of at least 4 members (excludes halogenated alkanes) is 16. The molecule has 10 nitrogen and oxygen atoms in total. The van der Waals surface area contributed by atoms with Gasteiger partial charge in [-0.25, -0.2) is 4.57 Å². The van der Waals surface area contributed by atoms with Crippen LogP contribution in [0.3, 0.4) is 0 Å². The third-order valence-corrected chi connectivity index (χ3v) is 11.7. The van der Waals surface area contributed by atoms with Crippen LogP contribution in [0.2, 0.25) is 5.02 Å². The second-order valence-corrected chi connectivity index (χ2v) is 17.1. The van der Waals surface area contributed by atoms with Crippen LogP contribution in [-0.4, -0.2) is 57.4 Å². The fraction of sp³-hybridized carbons (Fsp3) is 0.569. The van der Waals surface area contributed by atoms with Crippen molar-refractivity contribution in [3.05, 3.63) is 95.8 Å². The molecule has 0 radical (unpaired) electrons. The summed E-state index contributed by atoms with van der Waals surface area (Å²) in [6.07, 6.45) is 38.9. The Bertz CT molecular complexity index is 1970. The molecule has 0 amide bonds. The molecule has 1 aromatic carbocycles. The van der Waals surface area contributed by atoms with Gasteiger partial charge in [-0.2, -0.15) is 0 Å². The lowest BCUT2D eigenvalue weighted by Gasteiger charge is -2.11. The maximum absolute atomic E-state index is 11.9. The number of hydrogen-bond acceptors (Lipinski definition) is 8. The summed E-state index contributed by atoms with van der Waals surface area (Å²) in [6, 6.07) is 14.0. The summed E-state index contributed by atoms with van der Waals surface area (Å²) >= 11 is 6.55. The first-order valence-electron chi connectivity index (χ1n) is 23.8. The number of ether oxygens (including phenoxy) is 3. The van der Waals surface area contributed by atoms with Gasteiger partial charge >= 0.3 is 5.97 Å². The third-order valence-electron chi connectivity index (χ3n) is 11.4. The van der Waals surface area contributed by atoms with Gasteiger partial charge in [-0.05, 0) is 87.3 Å². The smallest absolute Gasteiger partial charge is 0.308 e. The van der Waals surface area contributed by atoms with Crippen LogP contribution < -0.4 is 9.30 Å². The Balaban J connectivity index is 0.779. The summed E-state index contributed by atoms with van der Waals surface area (Å²) in [7, 11) is 0. The lowest BCUT2D eigenvalue weighted by molar-refractivity contribution is -0.697. The minimum absolute atomic E-state index is 0.356. The molecule has 0 unspecified atom stereocenters. The van der Waals surface area contributed by atoms with Gasteiger partial charge in [0.05, 0.1) is 16.8 Å². The zero-order chi connectivity index (χ0) is 43.3. The fourth-order valence-electron chi connectivity index (χ4n) is 7.97. The number of aryl methyl sites for hydroxylation is 4. The molecule has 0 N–H and O–H groups in total. The molecule has 0 aliphatic heterocycles. The van der Waals surface area contributed by atoms with Crippen LogP contribution >= 0.6 is 11.6 Å². The summed E-state index contributed by atoms with van der Waals surface area (Å²) in [5, 5.41) is 9.92. The van der Waals surface area contributed by atoms with Gasteiger partial charge in [-0.15, -0.1) is 5.10 Å². The van der Waals surface area contributed by atoms with E-state index in [4.69, 9.17) is 25.8 Å². The number of halogens is 1. The maximum Gasteiger partial charge on any atom is 0.308 e. The van der Waals surface area contributed by atoms with Gasteiger partial charge in [-0.3, -0.25) is 19.4 Å². The van der Waals surface area contributed by atoms with Crippen molar-refractivity contribution in [1.29, 1.82) is 0 Å². The predicted molar refractivity (Wildman–Crippen MR) is 249 cm³/mol. The van der Waals surface area contributed by atoms with E-state index in [1.165, 1.54) is 114 Å². The van der Waals surface area contributed by atoms with Crippen LogP contribution in [0.5, 0.6) is 5.75 Å². The van der Waals surface area contributed by atoms with E-state index >= 15 is 0 Å². The standard InChI is InChI=1S/C51H72ClN6O4/c1-43(59)62-51-47(39-48(52)46-29-21-31-54-50(46)51)49-42-58(56-55-49)34-17-13-9-5-7-11-15-19-36-61-38-24-28-45-26-22-33-57(41-45)32-16-12-8-4-2-3-6-10-14-18-35-60-37-23-27-44-25-20-30-53-40-44/h20-22,25-26,29-31,33,39-42H,2-19,23-24,27-28,32,34-38H2,1H3/q+1. The van der Waals surface area contributed by atoms with Crippen molar-refractivity contribution in [1.82, 2.24) is 25.0 Å². The Morgan fingerprint density at radius 3 is 1.95 bits per heavy atom. The van der Waals surface area contributed by atoms with Gasteiger partial charge in [0, 0.05) is 81.9 Å². The molecule has 5 rings (SSSR count). The zero-order valence-electron chi connectivity index (χ0n) is 37.5. The van der Waals surface area contributed by atoms with Crippen LogP contribution in [0.1, 0.15) is 146 Å². The van der Waals surface area contributed by atoms with Crippen molar-refractivity contribution >= 4 is 28.5 Å². The van der Waals surface area contributed by atoms with Crippen molar-refractivity contribution in [2.45, 2.75) is 161 Å². The SMILES string of the molecule is CC(=O)Oc1c(-c2cn(CCCCCCCCCCOCCCc3ccc[n+](CCCCCCCCCCCCOCCCc4cccnc4)c3)nn2)cc(Cl)c2cccnc12. The molecule has 62 heavy (non-hydrogen) atoms. The number of benzene rings is 1. The number of carbonyl (C=O) groups is 1. The highest BCUT2D eigenvalue weighted by atomic mass is 35.5. The van der Waals surface area contributed by atoms with Gasteiger partial charge in [0.1, 0.15) is 17.8 Å². The first-order valence-corrected chi connectivity index (χ1v) is 24.1. The Kier molecular flexibility index (Phi) is 23.6. The van der Waals surface area contributed by atoms with E-state index < -0.39 is 5.97 Å². The van der Waals surface area contributed by atoms with E-state index in [1.807, 2.05) is 35.4 Å². The summed E-state index contributed by atoms with van der Waals surface area (Å²) in [5.41, 5.74) is 4.45. The second-order valence-electron chi connectivity index (χ2n) is 16.7. The Hall–Kier alpha value is -4.25. The molecule has 5 aromatic rings. The molecule has 0 saturated heterocycles. The maximum atomic E-state index is 11.9. The molecule has 0 fully saturated rings. The molecule has 0 saturated carbocycles. The molecule has 0 spiro atoms. The van der Waals surface area contributed by atoms with Crippen LogP contribution in [0, 0.1) is 0 Å². The van der Waals surface area contributed by atoms with Gasteiger partial charge in [0.15, 0.2) is 18.1 Å². The van der Waals surface area contributed by atoms with Crippen LogP contribution in [0.15, 0.2) is 79.6 Å². The van der Waals surface area contributed by atoms with Crippen molar-refractivity contribution in [3.8, 4) is 17.0 Å². The highest BCUT2D eigenvalue weighted by molar-refractivity contribution is 6.36. The molecule has 0 atom stereocenters. The highest BCUT2D eigenvalue weighted by Gasteiger charge is 2.19. The quantitative estimate of drug-likeness (QED) is 0.0174. The Morgan fingerprint density at radius 2 is 1.29 bits per heavy atom. The molecule has 0 aliphatic rings. The number of rotatable bonds is 34. The van der Waals surface area contributed by atoms with E-state index in [2.05, 4.69) is 55.4 Å². The first kappa shape index (κ1) is 48.8. The van der Waals surface area contributed by atoms with E-state index in [9.17, 15) is 4.79 Å². The Morgan fingerprint density at radius 1 is 0.694 bits per heavy atom. The number of esters is 1. The molecular formula is C51H72ClN6O4+. The minimum Gasteiger partial charge on any atom is -0.424 e. The lowest BCUT2D eigenvalue weighted by atomic mass is 10.1. The monoisotopic (exact) mass is 868 g/mol. The third kappa shape index (κ3) is 19.0. The van der Waals surface area contributed by atoms with E-state index in [-0.39, 0.29) is 0 Å². The number of pyridine rings is 3. The van der Waals surface area contributed by atoms with Crippen molar-refractivity contribution in [2.75, 3.05) is 26.4 Å². The largest absolute Gasteiger partial charge is 0.424 e. The average molecular weight is 869 g/mol. The number of nitrogens with zero attached hydrogens (tertiary/aromatic N) is 6. The molecule has 4 aromatic heterocycles. The van der Waals surface area contributed by atoms with E-state index in [0.717, 1.165) is 89.8 Å². The lowest BCUT2D eigenvalue weighted by Crippen LogP contribution is -2.33. The van der Waals surface area contributed by atoms with Gasteiger partial charge in [-0.1, -0.05) is 106 Å². The van der Waals surface area contributed by atoms with Crippen LogP contribution in [0.25, 0.3) is 22.2 Å². The predicted octanol–water partition coefficient (Wildman–Crippen LogP) is 12.1. The minimum atomic E-state index is -0.425. The summed E-state index contributed by atoms with van der Waals surface area (Å²) in [6.45, 7) is 6.73. The first-order chi connectivity index (χ1) is 30.6. The zero-order valence-corrected chi connectivity index (χ0v) is 38.3. The van der Waals surface area contributed by atoms with Gasteiger partial charge in [0.25, 0.3) is 0 Å². The van der Waals surface area contributed by atoms with Crippen molar-refractivity contribution in [2.24, 2.45) is 0 Å². The van der Waals surface area contributed by atoms with Crippen LogP contribution in [-0.2, 0) is 40.2 Å². The van der Waals surface area contributed by atoms with Gasteiger partial charge < -0.3 is 14.2 Å². The van der Waals surface area contributed by atoms with Crippen molar-refractivity contribution < 1.29 is 23.6 Å². The molecule has 0 bridgehead atoms. The average Bonchev–Trinajstić information content (AvgIpc) is 3.76. The molecule has 4 heterocycles. The number of fused-ring (bicyclic) bond motifs is 1. The van der Waals surface area contributed by atoms with Crippen molar-refractivity contribution in [3.63, 3.8) is 0 Å². The summed E-state index contributed by atoms with van der Waals surface area (Å²) in [4.78, 5) is 20.5. The Labute approximate surface area is 376 Å². The van der Waals surface area contributed by atoms with Gasteiger partial charge in [0.2, 0.25) is 0 Å². The number of aromatic nitrogens is 6. The molecular weight excluding hydrogens is 796 g/mol. The number of carbonyl (C=O) groups excluding carboxylic acids is 1. The molecule has 0 aliphatic carbocycles. The van der Waals surface area contributed by atoms with Crippen LogP contribution in [0.4, 0.5) is 0 Å². The topological polar surface area (TPSA) is 105 Å². The summed E-state index contributed by atoms with van der Waals surface area (Å²) in [5.74, 6) is -0.0699. The second kappa shape index (κ2) is 29.9. The van der Waals surface area contributed by atoms with E-state index in [1.54, 1.807) is 18.3 Å². The normalized spacial score (nSPS) is 11.5. The molecule has 11 heteroatoms. The highest BCUT2D eigenvalue weighted by Crippen LogP contribution is 2.39. The molecule has 336 valence electrons. The number of hydrogen-bond donors (Lipinski definition) is 0. The van der Waals surface area contributed by atoms with E-state index in [0.29, 0.717) is 27.5 Å².